The Hall–Kier alpha value is -1.15. The number of hydrogen-bond acceptors (Lipinski definition) is 4. The molecule has 0 aromatic rings. The number of rotatable bonds is 6. The van der Waals surface area contributed by atoms with Crippen molar-refractivity contribution in [2.45, 2.75) is 31.6 Å². The number of sulfonamides is 1. The lowest BCUT2D eigenvalue weighted by molar-refractivity contribution is -0.145. The molecule has 0 aromatic carbocycles. The zero-order valence-corrected chi connectivity index (χ0v) is 9.11. The summed E-state index contributed by atoms with van der Waals surface area (Å²) in [4.78, 5) is 20.8. The second kappa shape index (κ2) is 5.08. The van der Waals surface area contributed by atoms with Gasteiger partial charge in [-0.2, -0.15) is 0 Å². The van der Waals surface area contributed by atoms with Crippen LogP contribution in [0.2, 0.25) is 0 Å². The summed E-state index contributed by atoms with van der Waals surface area (Å²) < 4.78 is 24.3. The Morgan fingerprint density at radius 2 is 1.73 bits per heavy atom. The maximum absolute atomic E-state index is 11.3. The van der Waals surface area contributed by atoms with E-state index < -0.39 is 39.7 Å². The number of hydrogen-bond donors (Lipinski definition) is 3. The molecular weight excluding hydrogens is 226 g/mol. The zero-order chi connectivity index (χ0) is 12.2. The molecule has 0 aromatic heterocycles. The molecule has 0 radical (unpaired) electrons. The summed E-state index contributed by atoms with van der Waals surface area (Å²) in [7, 11) is -3.78. The Bertz CT molecular complexity index is 346. The Kier molecular flexibility index (Phi) is 4.69. The number of carbonyl (C=O) groups is 2. The largest absolute Gasteiger partial charge is 0.481 e. The molecule has 8 heteroatoms. The molecular formula is C7H13NO6S. The van der Waals surface area contributed by atoms with Crippen LogP contribution < -0.4 is 4.72 Å². The Labute approximate surface area is 87.2 Å². The van der Waals surface area contributed by atoms with E-state index in [9.17, 15) is 18.0 Å². The third-order valence-corrected chi connectivity index (χ3v) is 3.46. The van der Waals surface area contributed by atoms with E-state index in [1.165, 1.54) is 13.8 Å². The van der Waals surface area contributed by atoms with Crippen LogP contribution in [-0.2, 0) is 19.6 Å². The van der Waals surface area contributed by atoms with Crippen LogP contribution in [0.3, 0.4) is 0 Å². The minimum atomic E-state index is -3.78. The first-order chi connectivity index (χ1) is 6.66. The van der Waals surface area contributed by atoms with Gasteiger partial charge in [0, 0.05) is 0 Å². The summed E-state index contributed by atoms with van der Waals surface area (Å²) in [6.07, 6.45) is -0.790. The Balaban J connectivity index is 4.70. The quantitative estimate of drug-likeness (QED) is 0.560. The van der Waals surface area contributed by atoms with Crippen molar-refractivity contribution in [3.63, 3.8) is 0 Å². The second-order valence-corrected chi connectivity index (χ2v) is 5.47. The Morgan fingerprint density at radius 3 is 2.00 bits per heavy atom. The van der Waals surface area contributed by atoms with Crippen LogP contribution in [0.15, 0.2) is 0 Å². The van der Waals surface area contributed by atoms with Gasteiger partial charge in [-0.05, 0) is 13.8 Å². The van der Waals surface area contributed by atoms with Crippen LogP contribution in [0.5, 0.6) is 0 Å². The van der Waals surface area contributed by atoms with Crippen LogP contribution in [0, 0.1) is 0 Å². The average Bonchev–Trinajstić information content (AvgIpc) is 2.01. The predicted molar refractivity (Wildman–Crippen MR) is 50.9 cm³/mol. The maximum Gasteiger partial charge on any atom is 0.322 e. The van der Waals surface area contributed by atoms with E-state index in [2.05, 4.69) is 0 Å². The van der Waals surface area contributed by atoms with Crippen molar-refractivity contribution < 1.29 is 28.2 Å². The van der Waals surface area contributed by atoms with E-state index in [4.69, 9.17) is 10.2 Å². The fourth-order valence-corrected chi connectivity index (χ4v) is 1.54. The normalized spacial score (nSPS) is 13.8. The molecule has 0 saturated heterocycles. The van der Waals surface area contributed by atoms with E-state index in [0.29, 0.717) is 0 Å². The van der Waals surface area contributed by atoms with Crippen molar-refractivity contribution in [2.75, 3.05) is 0 Å². The minimum absolute atomic E-state index is 0.790. The lowest BCUT2D eigenvalue weighted by Gasteiger charge is -2.14. The molecule has 0 saturated carbocycles. The van der Waals surface area contributed by atoms with Gasteiger partial charge in [0.2, 0.25) is 10.0 Å². The molecule has 0 heterocycles. The highest BCUT2D eigenvalue weighted by molar-refractivity contribution is 7.90. The first-order valence-corrected chi connectivity index (χ1v) is 5.67. The molecule has 1 atom stereocenters. The summed E-state index contributed by atoms with van der Waals surface area (Å²) in [5.41, 5.74) is 0. The van der Waals surface area contributed by atoms with Crippen LogP contribution in [0.4, 0.5) is 0 Å². The Morgan fingerprint density at radius 1 is 1.27 bits per heavy atom. The van der Waals surface area contributed by atoms with E-state index in [0.717, 1.165) is 0 Å². The lowest BCUT2D eigenvalue weighted by Crippen LogP contribution is -2.44. The molecule has 0 rings (SSSR count). The third-order valence-electron chi connectivity index (χ3n) is 1.60. The minimum Gasteiger partial charge on any atom is -0.481 e. The first kappa shape index (κ1) is 13.8. The average molecular weight is 239 g/mol. The molecule has 0 aliphatic rings. The van der Waals surface area contributed by atoms with E-state index in [1.54, 1.807) is 0 Å². The number of aliphatic carboxylic acids is 2. The van der Waals surface area contributed by atoms with Gasteiger partial charge < -0.3 is 10.2 Å². The van der Waals surface area contributed by atoms with E-state index >= 15 is 0 Å². The van der Waals surface area contributed by atoms with Crippen LogP contribution >= 0.6 is 0 Å². The number of carboxylic acid groups (broad SMARTS) is 2. The van der Waals surface area contributed by atoms with Crippen LogP contribution in [0.1, 0.15) is 20.3 Å². The summed E-state index contributed by atoms with van der Waals surface area (Å²) in [5, 5.41) is 16.1. The van der Waals surface area contributed by atoms with Gasteiger partial charge in [-0.25, -0.2) is 13.1 Å². The fourth-order valence-electron chi connectivity index (χ4n) is 0.688. The van der Waals surface area contributed by atoms with Gasteiger partial charge in [0.05, 0.1) is 11.7 Å². The fraction of sp³-hybridized carbons (Fsp3) is 0.714. The van der Waals surface area contributed by atoms with Crippen molar-refractivity contribution >= 4 is 22.0 Å². The van der Waals surface area contributed by atoms with Crippen LogP contribution in [-0.4, -0.2) is 41.9 Å². The number of nitrogens with one attached hydrogen (secondary N) is 1. The van der Waals surface area contributed by atoms with Crippen LogP contribution in [0.25, 0.3) is 0 Å². The van der Waals surface area contributed by atoms with Gasteiger partial charge in [-0.1, -0.05) is 0 Å². The first-order valence-electron chi connectivity index (χ1n) is 4.12. The van der Waals surface area contributed by atoms with Gasteiger partial charge in [-0.15, -0.1) is 0 Å². The molecule has 88 valence electrons. The molecule has 7 nitrogen and oxygen atoms in total. The number of carboxylic acids is 2. The molecule has 15 heavy (non-hydrogen) atoms. The highest BCUT2D eigenvalue weighted by atomic mass is 32.2. The topological polar surface area (TPSA) is 121 Å². The van der Waals surface area contributed by atoms with E-state index in [1.807, 2.05) is 4.72 Å². The van der Waals surface area contributed by atoms with Crippen molar-refractivity contribution in [1.82, 2.24) is 4.72 Å². The van der Waals surface area contributed by atoms with Crippen molar-refractivity contribution in [3.8, 4) is 0 Å². The molecule has 0 aliphatic carbocycles. The molecule has 0 amide bonds. The molecule has 0 spiro atoms. The standard InChI is InChI=1S/C7H13NO6S/c1-4(2)15(13,14)8-5(7(11)12)3-6(9)10/h4-5,8H,3H2,1-2H3,(H,9,10)(H,11,12). The van der Waals surface area contributed by atoms with Gasteiger partial charge in [-0.3, -0.25) is 9.59 Å². The molecule has 0 bridgehead atoms. The highest BCUT2D eigenvalue weighted by Crippen LogP contribution is 2.01. The summed E-state index contributed by atoms with van der Waals surface area (Å²) >= 11 is 0. The zero-order valence-electron chi connectivity index (χ0n) is 8.30. The molecule has 0 fully saturated rings. The highest BCUT2D eigenvalue weighted by Gasteiger charge is 2.27. The van der Waals surface area contributed by atoms with Crippen molar-refractivity contribution in [1.29, 1.82) is 0 Å². The summed E-state index contributed by atoms with van der Waals surface area (Å²) in [6.45, 7) is 2.73. The third kappa shape index (κ3) is 4.75. The smallest absolute Gasteiger partial charge is 0.322 e. The van der Waals surface area contributed by atoms with Gasteiger partial charge in [0.15, 0.2) is 0 Å². The second-order valence-electron chi connectivity index (χ2n) is 3.20. The molecule has 0 aliphatic heterocycles. The monoisotopic (exact) mass is 239 g/mol. The predicted octanol–water partition coefficient (Wildman–Crippen LogP) is -0.758. The van der Waals surface area contributed by atoms with E-state index in [-0.39, 0.29) is 0 Å². The SMILES string of the molecule is CC(C)S(=O)(=O)NC(CC(=O)O)C(=O)O. The summed E-state index contributed by atoms with van der Waals surface area (Å²) in [6, 6.07) is -1.63. The van der Waals surface area contributed by atoms with Gasteiger partial charge in [0.1, 0.15) is 6.04 Å². The lowest BCUT2D eigenvalue weighted by atomic mass is 10.2. The maximum atomic E-state index is 11.3. The van der Waals surface area contributed by atoms with Gasteiger partial charge >= 0.3 is 11.9 Å². The van der Waals surface area contributed by atoms with Crippen molar-refractivity contribution in [2.24, 2.45) is 0 Å². The molecule has 3 N–H and O–H groups in total. The van der Waals surface area contributed by atoms with Crippen molar-refractivity contribution in [3.05, 3.63) is 0 Å². The summed E-state index contributed by atoms with van der Waals surface area (Å²) in [5.74, 6) is -2.89. The molecule has 1 unspecified atom stereocenters. The van der Waals surface area contributed by atoms with Gasteiger partial charge in [0.25, 0.3) is 0 Å².